The first-order valence-electron chi connectivity index (χ1n) is 10.7. The Kier molecular flexibility index (Phi) is 4.93. The molecule has 0 atom stereocenters. The van der Waals surface area contributed by atoms with Crippen LogP contribution in [-0.2, 0) is 11.3 Å². The smallest absolute Gasteiger partial charge is 0.291 e. The Labute approximate surface area is 206 Å². The molecule has 0 bridgehead atoms. The van der Waals surface area contributed by atoms with E-state index < -0.39 is 0 Å². The zero-order valence-corrected chi connectivity index (χ0v) is 20.4. The van der Waals surface area contributed by atoms with Crippen molar-refractivity contribution in [1.82, 2.24) is 14.6 Å². The molecular formula is C26H17BrN4O2S. The molecule has 1 aliphatic rings. The molecule has 0 saturated carbocycles. The summed E-state index contributed by atoms with van der Waals surface area (Å²) in [7, 11) is 0. The van der Waals surface area contributed by atoms with Crippen molar-refractivity contribution in [3.8, 4) is 11.4 Å². The van der Waals surface area contributed by atoms with Gasteiger partial charge in [0, 0.05) is 15.6 Å². The number of hydrogen-bond donors (Lipinski definition) is 0. The Bertz CT molecular complexity index is 1690. The molecule has 5 aromatic rings. The number of amides is 1. The SMILES string of the molecule is Cc1ccc(CN2C(=O)/C(=c3\sc4nc(-c5ccccc5)nn4c3=O)c3cc(Br)ccc32)cc1. The van der Waals surface area contributed by atoms with E-state index in [9.17, 15) is 9.59 Å². The van der Waals surface area contributed by atoms with Crippen LogP contribution in [0.3, 0.4) is 0 Å². The van der Waals surface area contributed by atoms with Gasteiger partial charge in [-0.25, -0.2) is 0 Å². The number of rotatable bonds is 3. The minimum absolute atomic E-state index is 0.196. The van der Waals surface area contributed by atoms with Gasteiger partial charge in [-0.2, -0.15) is 9.50 Å². The van der Waals surface area contributed by atoms with Gasteiger partial charge in [-0.05, 0) is 30.7 Å². The van der Waals surface area contributed by atoms with Crippen LogP contribution in [0.25, 0.3) is 21.9 Å². The van der Waals surface area contributed by atoms with Gasteiger partial charge in [0.1, 0.15) is 4.53 Å². The van der Waals surface area contributed by atoms with Crippen LogP contribution in [0.15, 0.2) is 82.1 Å². The summed E-state index contributed by atoms with van der Waals surface area (Å²) in [6, 6.07) is 23.3. The topological polar surface area (TPSA) is 67.6 Å². The largest absolute Gasteiger partial charge is 0.303 e. The number of carbonyl (C=O) groups excluding carboxylic acids is 1. The van der Waals surface area contributed by atoms with Crippen molar-refractivity contribution in [3.63, 3.8) is 0 Å². The maximum absolute atomic E-state index is 13.7. The van der Waals surface area contributed by atoms with Gasteiger partial charge in [0.15, 0.2) is 5.82 Å². The minimum Gasteiger partial charge on any atom is -0.303 e. The van der Waals surface area contributed by atoms with Gasteiger partial charge in [0.05, 0.1) is 17.8 Å². The number of aryl methyl sites for hydroxylation is 1. The highest BCUT2D eigenvalue weighted by Crippen LogP contribution is 2.38. The van der Waals surface area contributed by atoms with Crippen LogP contribution < -0.4 is 15.0 Å². The van der Waals surface area contributed by atoms with Crippen LogP contribution in [0.2, 0.25) is 0 Å². The summed E-state index contributed by atoms with van der Waals surface area (Å²) in [6.45, 7) is 2.45. The Hall–Kier alpha value is -3.62. The molecule has 6 nitrogen and oxygen atoms in total. The van der Waals surface area contributed by atoms with Gasteiger partial charge < -0.3 is 4.90 Å². The molecule has 1 amide bonds. The zero-order chi connectivity index (χ0) is 23.4. The summed E-state index contributed by atoms with van der Waals surface area (Å²) in [5.74, 6) is 0.293. The third-order valence-electron chi connectivity index (χ3n) is 5.86. The predicted octanol–water partition coefficient (Wildman–Crippen LogP) is 4.35. The molecule has 1 aliphatic heterocycles. The van der Waals surface area contributed by atoms with Crippen LogP contribution in [0.1, 0.15) is 16.7 Å². The van der Waals surface area contributed by atoms with Gasteiger partial charge in [0.2, 0.25) is 4.96 Å². The molecule has 0 fully saturated rings. The van der Waals surface area contributed by atoms with Crippen molar-refractivity contribution >= 4 is 49.4 Å². The normalized spacial score (nSPS) is 14.8. The van der Waals surface area contributed by atoms with E-state index in [1.807, 2.05) is 79.7 Å². The maximum atomic E-state index is 13.7. The van der Waals surface area contributed by atoms with Crippen molar-refractivity contribution < 1.29 is 4.79 Å². The number of benzene rings is 3. The molecule has 0 aliphatic carbocycles. The van der Waals surface area contributed by atoms with E-state index in [0.717, 1.165) is 32.4 Å². The van der Waals surface area contributed by atoms with Crippen LogP contribution >= 0.6 is 27.3 Å². The van der Waals surface area contributed by atoms with E-state index in [1.165, 1.54) is 15.9 Å². The fraction of sp³-hybridized carbons (Fsp3) is 0.0769. The van der Waals surface area contributed by atoms with Crippen molar-refractivity contribution in [1.29, 1.82) is 0 Å². The summed E-state index contributed by atoms with van der Waals surface area (Å²) < 4.78 is 2.49. The molecule has 6 rings (SSSR count). The molecule has 0 saturated heterocycles. The van der Waals surface area contributed by atoms with E-state index >= 15 is 0 Å². The summed E-state index contributed by atoms with van der Waals surface area (Å²) in [5, 5.41) is 4.42. The van der Waals surface area contributed by atoms with Crippen LogP contribution in [0, 0.1) is 6.92 Å². The third-order valence-corrected chi connectivity index (χ3v) is 7.38. The standard InChI is InChI=1S/C26H17BrN4O2S/c1-15-7-9-16(10-8-15)14-30-20-12-11-18(27)13-19(20)21(24(30)32)22-25(33)31-26(34-22)28-23(29-31)17-5-3-2-4-6-17/h2-13H,14H2,1H3/b22-21-. The van der Waals surface area contributed by atoms with E-state index in [-0.39, 0.29) is 11.5 Å². The molecule has 0 N–H and O–H groups in total. The zero-order valence-electron chi connectivity index (χ0n) is 18.0. The van der Waals surface area contributed by atoms with Gasteiger partial charge in [-0.3, -0.25) is 9.59 Å². The lowest BCUT2D eigenvalue weighted by Crippen LogP contribution is -2.32. The predicted molar refractivity (Wildman–Crippen MR) is 137 cm³/mol. The van der Waals surface area contributed by atoms with Crippen molar-refractivity contribution in [3.05, 3.63) is 109 Å². The van der Waals surface area contributed by atoms with Crippen LogP contribution in [-0.4, -0.2) is 20.5 Å². The number of nitrogens with zero attached hydrogens (tertiary/aromatic N) is 4. The van der Waals surface area contributed by atoms with Gasteiger partial charge in [0.25, 0.3) is 11.5 Å². The number of hydrogen-bond acceptors (Lipinski definition) is 5. The van der Waals surface area contributed by atoms with Crippen LogP contribution in [0.5, 0.6) is 0 Å². The first-order valence-corrected chi connectivity index (χ1v) is 12.3. The number of anilines is 1. The van der Waals surface area contributed by atoms with Gasteiger partial charge in [-0.1, -0.05) is 87.4 Å². The highest BCUT2D eigenvalue weighted by atomic mass is 79.9. The summed E-state index contributed by atoms with van der Waals surface area (Å²) >= 11 is 4.71. The lowest BCUT2D eigenvalue weighted by atomic mass is 10.1. The number of fused-ring (bicyclic) bond motifs is 2. The number of halogens is 1. The first kappa shape index (κ1) is 20.9. The molecule has 2 aromatic heterocycles. The molecule has 166 valence electrons. The quantitative estimate of drug-likeness (QED) is 0.349. The van der Waals surface area contributed by atoms with E-state index in [4.69, 9.17) is 0 Å². The fourth-order valence-electron chi connectivity index (χ4n) is 4.15. The number of thiazole rings is 1. The van der Waals surface area contributed by atoms with E-state index in [1.54, 1.807) is 4.90 Å². The average molecular weight is 529 g/mol. The Balaban J connectivity index is 1.51. The second-order valence-corrected chi connectivity index (χ2v) is 10.0. The molecule has 8 heteroatoms. The first-order chi connectivity index (χ1) is 16.5. The van der Waals surface area contributed by atoms with Crippen molar-refractivity contribution in [2.24, 2.45) is 0 Å². The lowest BCUT2D eigenvalue weighted by Gasteiger charge is -2.17. The Morgan fingerprint density at radius 2 is 1.74 bits per heavy atom. The van der Waals surface area contributed by atoms with E-state index in [0.29, 0.717) is 27.4 Å². The fourth-order valence-corrected chi connectivity index (χ4v) is 5.51. The third kappa shape index (κ3) is 3.38. The summed E-state index contributed by atoms with van der Waals surface area (Å²) in [5.41, 5.74) is 4.60. The Morgan fingerprint density at radius 3 is 2.47 bits per heavy atom. The molecule has 3 aromatic carbocycles. The van der Waals surface area contributed by atoms with Crippen molar-refractivity contribution in [2.45, 2.75) is 13.5 Å². The molecule has 0 radical (unpaired) electrons. The highest BCUT2D eigenvalue weighted by molar-refractivity contribution is 9.10. The molecule has 0 spiro atoms. The van der Waals surface area contributed by atoms with Crippen LogP contribution in [0.4, 0.5) is 5.69 Å². The average Bonchev–Trinajstić information content (AvgIpc) is 3.47. The molecule has 0 unspecified atom stereocenters. The second kappa shape index (κ2) is 8.00. The maximum Gasteiger partial charge on any atom is 0.291 e. The number of aromatic nitrogens is 3. The monoisotopic (exact) mass is 528 g/mol. The van der Waals surface area contributed by atoms with Crippen molar-refractivity contribution in [2.75, 3.05) is 4.90 Å². The number of carbonyl (C=O) groups is 1. The molecule has 3 heterocycles. The molecule has 34 heavy (non-hydrogen) atoms. The highest BCUT2D eigenvalue weighted by Gasteiger charge is 2.34. The summed E-state index contributed by atoms with van der Waals surface area (Å²) in [4.78, 5) is 33.8. The van der Waals surface area contributed by atoms with E-state index in [2.05, 4.69) is 26.0 Å². The minimum atomic E-state index is -0.332. The van der Waals surface area contributed by atoms with Gasteiger partial charge in [-0.15, -0.1) is 5.10 Å². The lowest BCUT2D eigenvalue weighted by molar-refractivity contribution is -0.113. The second-order valence-electron chi connectivity index (χ2n) is 8.15. The van der Waals surface area contributed by atoms with Gasteiger partial charge >= 0.3 is 0 Å². The molecular weight excluding hydrogens is 512 g/mol. The Morgan fingerprint density at radius 1 is 0.971 bits per heavy atom. The summed E-state index contributed by atoms with van der Waals surface area (Å²) in [6.07, 6.45) is 0.